The maximum atomic E-state index is 13.1. The van der Waals surface area contributed by atoms with Crippen LogP contribution in [0, 0.1) is 5.92 Å². The average Bonchev–Trinajstić information content (AvgIpc) is 2.90. The normalized spacial score (nSPS) is 15.1. The highest BCUT2D eigenvalue weighted by Crippen LogP contribution is 2.40. The topological polar surface area (TPSA) is 72.1 Å². The van der Waals surface area contributed by atoms with Crippen molar-refractivity contribution in [2.75, 3.05) is 46.3 Å². The number of hydrogen-bond donors (Lipinski definition) is 2. The molecule has 0 saturated carbocycles. The van der Waals surface area contributed by atoms with Crippen molar-refractivity contribution in [3.63, 3.8) is 0 Å². The van der Waals surface area contributed by atoms with Gasteiger partial charge in [-0.3, -0.25) is 0 Å². The van der Waals surface area contributed by atoms with E-state index in [2.05, 4.69) is 22.5 Å². The first kappa shape index (κ1) is 32.2. The molecule has 0 radical (unpaired) electrons. The Morgan fingerprint density at radius 3 is 2.21 bits per heavy atom. The second kappa shape index (κ2) is 16.1. The van der Waals surface area contributed by atoms with E-state index < -0.39 is 0 Å². The Bertz CT molecular complexity index is 1010. The molecule has 1 heterocycles. The monoisotopic (exact) mass is 587 g/mol. The number of piperidine rings is 1. The maximum absolute atomic E-state index is 13.1. The summed E-state index contributed by atoms with van der Waals surface area (Å²) >= 11 is 12.2. The Labute approximate surface area is 242 Å². The van der Waals surface area contributed by atoms with Crippen molar-refractivity contribution in [2.45, 2.75) is 51.5 Å². The van der Waals surface area contributed by atoms with E-state index in [0.29, 0.717) is 33.0 Å². The molecule has 2 unspecified atom stereocenters. The standard InChI is InChI=1S/C28H39Cl2N3O4.ClH/c1-19(9-8-10-20-11-12-22(29)23(30)15-20)24(18-33-13-6-5-7-14-33)32-28(34)31-21-16-25(35-2)27(37-4)26(17-21)36-3;/h11-12,15-17,19,24H,5-10,13-14,18H2,1-4H3,(H2,31,32,34);1H. The number of anilines is 1. The van der Waals surface area contributed by atoms with Gasteiger partial charge in [-0.1, -0.05) is 42.6 Å². The number of rotatable bonds is 12. The molecule has 0 aliphatic carbocycles. The Kier molecular flexibility index (Phi) is 13.7. The molecule has 7 nitrogen and oxygen atoms in total. The van der Waals surface area contributed by atoms with Crippen molar-refractivity contribution in [2.24, 2.45) is 5.92 Å². The van der Waals surface area contributed by atoms with E-state index in [4.69, 9.17) is 37.4 Å². The fourth-order valence-corrected chi connectivity index (χ4v) is 5.12. The lowest BCUT2D eigenvalue weighted by Crippen LogP contribution is -2.49. The first-order chi connectivity index (χ1) is 17.8. The van der Waals surface area contributed by atoms with Crippen LogP contribution in [0.25, 0.3) is 0 Å². The van der Waals surface area contributed by atoms with Crippen molar-refractivity contribution in [1.29, 1.82) is 0 Å². The van der Waals surface area contributed by atoms with Crippen molar-refractivity contribution in [3.8, 4) is 17.2 Å². The zero-order chi connectivity index (χ0) is 26.8. The second-order valence-electron chi connectivity index (χ2n) is 9.60. The molecule has 38 heavy (non-hydrogen) atoms. The molecule has 3 rings (SSSR count). The van der Waals surface area contributed by atoms with Gasteiger partial charge in [0.1, 0.15) is 0 Å². The van der Waals surface area contributed by atoms with Gasteiger partial charge in [-0.2, -0.15) is 0 Å². The highest BCUT2D eigenvalue weighted by Gasteiger charge is 2.24. The van der Waals surface area contributed by atoms with Crippen LogP contribution in [-0.2, 0) is 6.42 Å². The molecule has 0 aromatic heterocycles. The molecular formula is C28H40Cl3N3O4. The lowest BCUT2D eigenvalue weighted by Gasteiger charge is -2.33. The minimum atomic E-state index is -0.257. The van der Waals surface area contributed by atoms with E-state index >= 15 is 0 Å². The fourth-order valence-electron chi connectivity index (χ4n) is 4.80. The number of nitrogens with one attached hydrogen (secondary N) is 2. The summed E-state index contributed by atoms with van der Waals surface area (Å²) in [5, 5.41) is 7.34. The van der Waals surface area contributed by atoms with E-state index in [0.717, 1.165) is 38.9 Å². The van der Waals surface area contributed by atoms with Crippen molar-refractivity contribution >= 4 is 47.3 Å². The van der Waals surface area contributed by atoms with Crippen LogP contribution in [0.1, 0.15) is 44.6 Å². The predicted octanol–water partition coefficient (Wildman–Crippen LogP) is 7.08. The molecule has 1 saturated heterocycles. The van der Waals surface area contributed by atoms with Crippen molar-refractivity contribution < 1.29 is 19.0 Å². The molecule has 2 N–H and O–H groups in total. The van der Waals surface area contributed by atoms with Gasteiger partial charge in [-0.25, -0.2) is 4.79 Å². The van der Waals surface area contributed by atoms with E-state index in [1.807, 2.05) is 18.2 Å². The van der Waals surface area contributed by atoms with E-state index in [1.165, 1.54) is 24.8 Å². The first-order valence-electron chi connectivity index (χ1n) is 12.9. The van der Waals surface area contributed by atoms with Crippen LogP contribution >= 0.6 is 35.6 Å². The van der Waals surface area contributed by atoms with Gasteiger partial charge in [0.15, 0.2) is 11.5 Å². The van der Waals surface area contributed by atoms with Gasteiger partial charge in [0, 0.05) is 24.7 Å². The van der Waals surface area contributed by atoms with Crippen molar-refractivity contribution in [3.05, 3.63) is 45.9 Å². The molecule has 2 aromatic carbocycles. The summed E-state index contributed by atoms with van der Waals surface area (Å²) in [6.07, 6.45) is 6.56. The van der Waals surface area contributed by atoms with Gasteiger partial charge in [-0.05, 0) is 68.8 Å². The largest absolute Gasteiger partial charge is 0.493 e. The number of urea groups is 1. The fraction of sp³-hybridized carbons (Fsp3) is 0.536. The van der Waals surface area contributed by atoms with Gasteiger partial charge in [0.25, 0.3) is 0 Å². The number of nitrogens with zero attached hydrogens (tertiary/aromatic N) is 1. The molecule has 2 aromatic rings. The van der Waals surface area contributed by atoms with Gasteiger partial charge in [0.05, 0.1) is 37.1 Å². The Balaban J connectivity index is 0.00000507. The van der Waals surface area contributed by atoms with Crippen LogP contribution in [0.4, 0.5) is 10.5 Å². The lowest BCUT2D eigenvalue weighted by molar-refractivity contribution is 0.180. The number of aryl methyl sites for hydroxylation is 1. The van der Waals surface area contributed by atoms with Crippen LogP contribution in [0.2, 0.25) is 10.0 Å². The predicted molar refractivity (Wildman–Crippen MR) is 158 cm³/mol. The highest BCUT2D eigenvalue weighted by atomic mass is 35.5. The Morgan fingerprint density at radius 2 is 1.63 bits per heavy atom. The number of hydrogen-bond acceptors (Lipinski definition) is 5. The van der Waals surface area contributed by atoms with Crippen LogP contribution in [0.5, 0.6) is 17.2 Å². The van der Waals surface area contributed by atoms with Crippen molar-refractivity contribution in [1.82, 2.24) is 10.2 Å². The summed E-state index contributed by atoms with van der Waals surface area (Å²) in [5.74, 6) is 1.74. The van der Waals surface area contributed by atoms with Gasteiger partial charge in [-0.15, -0.1) is 12.4 Å². The van der Waals surface area contributed by atoms with E-state index in [1.54, 1.807) is 33.5 Å². The molecule has 2 atom stereocenters. The SMILES string of the molecule is COc1cc(NC(=O)NC(CN2CCCCC2)C(C)CCCc2ccc(Cl)c(Cl)c2)cc(OC)c1OC.Cl. The van der Waals surface area contributed by atoms with Crippen LogP contribution in [0.3, 0.4) is 0 Å². The number of carbonyl (C=O) groups excluding carboxylic acids is 1. The third-order valence-corrected chi connectivity index (χ3v) is 7.68. The molecular weight excluding hydrogens is 549 g/mol. The number of likely N-dealkylation sites (tertiary alicyclic amines) is 1. The second-order valence-corrected chi connectivity index (χ2v) is 10.4. The van der Waals surface area contributed by atoms with Gasteiger partial charge >= 0.3 is 6.03 Å². The number of benzene rings is 2. The zero-order valence-corrected chi connectivity index (χ0v) is 25.0. The van der Waals surface area contributed by atoms with Crippen LogP contribution < -0.4 is 24.8 Å². The van der Waals surface area contributed by atoms with Gasteiger partial charge < -0.3 is 29.7 Å². The Morgan fingerprint density at radius 1 is 0.974 bits per heavy atom. The number of amides is 2. The quantitative estimate of drug-likeness (QED) is 0.277. The zero-order valence-electron chi connectivity index (χ0n) is 22.6. The molecule has 10 heteroatoms. The highest BCUT2D eigenvalue weighted by molar-refractivity contribution is 6.42. The van der Waals surface area contributed by atoms with Gasteiger partial charge in [0.2, 0.25) is 5.75 Å². The lowest BCUT2D eigenvalue weighted by atomic mass is 9.93. The summed E-state index contributed by atoms with van der Waals surface area (Å²) in [6.45, 7) is 5.19. The molecule has 0 spiro atoms. The molecule has 212 valence electrons. The summed E-state index contributed by atoms with van der Waals surface area (Å²) < 4.78 is 16.2. The number of halogens is 3. The smallest absolute Gasteiger partial charge is 0.319 e. The number of methoxy groups -OCH3 is 3. The average molecular weight is 589 g/mol. The van der Waals surface area contributed by atoms with Crippen LogP contribution in [-0.4, -0.2) is 57.9 Å². The molecule has 1 fully saturated rings. The van der Waals surface area contributed by atoms with Crippen LogP contribution in [0.15, 0.2) is 30.3 Å². The molecule has 2 amide bonds. The summed E-state index contributed by atoms with van der Waals surface area (Å²) in [6, 6.07) is 9.00. The van der Waals surface area contributed by atoms with E-state index in [-0.39, 0.29) is 30.4 Å². The summed E-state index contributed by atoms with van der Waals surface area (Å²) in [5.41, 5.74) is 1.73. The molecule has 1 aliphatic heterocycles. The van der Waals surface area contributed by atoms with E-state index in [9.17, 15) is 4.79 Å². The third kappa shape index (κ3) is 9.30. The molecule has 0 bridgehead atoms. The minimum absolute atomic E-state index is 0. The first-order valence-corrected chi connectivity index (χ1v) is 13.6. The maximum Gasteiger partial charge on any atom is 0.319 e. The third-order valence-electron chi connectivity index (χ3n) is 6.94. The molecule has 1 aliphatic rings. The summed E-state index contributed by atoms with van der Waals surface area (Å²) in [7, 11) is 4.65. The minimum Gasteiger partial charge on any atom is -0.493 e. The summed E-state index contributed by atoms with van der Waals surface area (Å²) in [4.78, 5) is 15.6. The number of carbonyl (C=O) groups is 1. The Hall–Kier alpha value is -2.06. The number of ether oxygens (including phenoxy) is 3.